The summed E-state index contributed by atoms with van der Waals surface area (Å²) in [4.78, 5) is 16.9. The summed E-state index contributed by atoms with van der Waals surface area (Å²) in [5.41, 5.74) is 0.581. The van der Waals surface area contributed by atoms with Gasteiger partial charge in [-0.25, -0.2) is 0 Å². The van der Waals surface area contributed by atoms with E-state index in [4.69, 9.17) is 16.3 Å². The molecule has 1 heterocycles. The van der Waals surface area contributed by atoms with Crippen LogP contribution in [0.25, 0.3) is 0 Å². The van der Waals surface area contributed by atoms with Crippen LogP contribution >= 0.6 is 24.0 Å². The van der Waals surface area contributed by atoms with E-state index < -0.39 is 0 Å². The summed E-state index contributed by atoms with van der Waals surface area (Å²) in [6, 6.07) is 5.32. The molecule has 1 aromatic rings. The summed E-state index contributed by atoms with van der Waals surface area (Å²) in [6.45, 7) is 6.13. The molecule has 0 atom stereocenters. The summed E-state index contributed by atoms with van der Waals surface area (Å²) in [6.07, 6.45) is 4.59. The van der Waals surface area contributed by atoms with Crippen LogP contribution < -0.4 is 4.74 Å². The number of hydrogen-bond acceptors (Lipinski definition) is 3. The van der Waals surface area contributed by atoms with Crippen molar-refractivity contribution in [3.63, 3.8) is 0 Å². The first-order valence-corrected chi connectivity index (χ1v) is 8.89. The van der Waals surface area contributed by atoms with Gasteiger partial charge in [-0.3, -0.25) is 4.79 Å². The Morgan fingerprint density at radius 2 is 1.88 bits per heavy atom. The molecular weight excluding hydrogens is 347 g/mol. The molecule has 1 aliphatic heterocycles. The highest BCUT2D eigenvalue weighted by Crippen LogP contribution is 2.25. The molecule has 24 heavy (non-hydrogen) atoms. The molecular formula is C18H28Cl2N2O2. The van der Waals surface area contributed by atoms with Gasteiger partial charge in [-0.2, -0.15) is 0 Å². The molecule has 0 unspecified atom stereocenters. The molecule has 0 N–H and O–H groups in total. The Morgan fingerprint density at radius 3 is 2.54 bits per heavy atom. The lowest BCUT2D eigenvalue weighted by atomic mass is 10.1. The summed E-state index contributed by atoms with van der Waals surface area (Å²) >= 11 is 6.09. The number of rotatable bonds is 7. The minimum Gasteiger partial charge on any atom is -0.493 e. The van der Waals surface area contributed by atoms with Gasteiger partial charge in [0.2, 0.25) is 0 Å². The molecule has 1 fully saturated rings. The number of unbranched alkanes of at least 4 members (excludes halogenated alkanes) is 3. The smallest absolute Gasteiger partial charge is 0.257 e. The van der Waals surface area contributed by atoms with Crippen LogP contribution in [0.2, 0.25) is 5.02 Å². The van der Waals surface area contributed by atoms with Crippen LogP contribution in [0, 0.1) is 0 Å². The van der Waals surface area contributed by atoms with E-state index in [1.807, 2.05) is 11.0 Å². The normalized spacial score (nSPS) is 15.0. The lowest BCUT2D eigenvalue weighted by Crippen LogP contribution is -2.47. The molecule has 1 amide bonds. The standard InChI is InChI=1S/C18H27ClN2O2.ClH/c1-3-4-5-6-13-23-17-8-7-15(19)14-16(17)18(22)21-11-9-20(2)10-12-21;/h7-8,14H,3-6,9-13H2,1-2H3;1H. The van der Waals surface area contributed by atoms with E-state index in [1.165, 1.54) is 12.8 Å². The minimum absolute atomic E-state index is 0. The predicted octanol–water partition coefficient (Wildman–Crippen LogP) is 4.11. The molecule has 6 heteroatoms. The summed E-state index contributed by atoms with van der Waals surface area (Å²) in [7, 11) is 2.08. The van der Waals surface area contributed by atoms with Crippen molar-refractivity contribution in [1.29, 1.82) is 0 Å². The van der Waals surface area contributed by atoms with Crippen LogP contribution in [-0.4, -0.2) is 55.5 Å². The molecule has 1 aliphatic rings. The summed E-state index contributed by atoms with van der Waals surface area (Å²) < 4.78 is 5.86. The van der Waals surface area contributed by atoms with Gasteiger partial charge in [-0.05, 0) is 31.7 Å². The van der Waals surface area contributed by atoms with Gasteiger partial charge in [-0.1, -0.05) is 37.8 Å². The fourth-order valence-electron chi connectivity index (χ4n) is 2.69. The van der Waals surface area contributed by atoms with E-state index in [1.54, 1.807) is 12.1 Å². The Bertz CT molecular complexity index is 518. The maximum Gasteiger partial charge on any atom is 0.257 e. The van der Waals surface area contributed by atoms with Crippen molar-refractivity contribution in [2.24, 2.45) is 0 Å². The van der Waals surface area contributed by atoms with Crippen LogP contribution in [0.5, 0.6) is 5.75 Å². The molecule has 0 aliphatic carbocycles. The molecule has 0 aromatic heterocycles. The zero-order chi connectivity index (χ0) is 16.7. The lowest BCUT2D eigenvalue weighted by Gasteiger charge is -2.32. The Labute approximate surface area is 156 Å². The SMILES string of the molecule is CCCCCCOc1ccc(Cl)cc1C(=O)N1CCN(C)CC1.Cl. The van der Waals surface area contributed by atoms with Crippen LogP contribution in [0.15, 0.2) is 18.2 Å². The number of likely N-dealkylation sites (N-methyl/N-ethyl adjacent to an activating group) is 1. The first kappa shape index (κ1) is 21.1. The van der Waals surface area contributed by atoms with Gasteiger partial charge >= 0.3 is 0 Å². The molecule has 4 nitrogen and oxygen atoms in total. The van der Waals surface area contributed by atoms with E-state index in [0.29, 0.717) is 22.9 Å². The Morgan fingerprint density at radius 1 is 1.17 bits per heavy atom. The first-order valence-electron chi connectivity index (χ1n) is 8.52. The Kier molecular flexibility index (Phi) is 9.49. The Hall–Kier alpha value is -0.970. The first-order chi connectivity index (χ1) is 11.1. The monoisotopic (exact) mass is 374 g/mol. The molecule has 0 spiro atoms. The largest absolute Gasteiger partial charge is 0.493 e. The topological polar surface area (TPSA) is 32.8 Å². The molecule has 1 saturated heterocycles. The third-order valence-electron chi connectivity index (χ3n) is 4.22. The third kappa shape index (κ3) is 6.15. The van der Waals surface area contributed by atoms with Crippen molar-refractivity contribution in [3.05, 3.63) is 28.8 Å². The molecule has 136 valence electrons. The number of piperazine rings is 1. The van der Waals surface area contributed by atoms with E-state index in [-0.39, 0.29) is 18.3 Å². The van der Waals surface area contributed by atoms with E-state index >= 15 is 0 Å². The second kappa shape index (κ2) is 10.8. The highest BCUT2D eigenvalue weighted by molar-refractivity contribution is 6.31. The van der Waals surface area contributed by atoms with Crippen molar-refractivity contribution in [3.8, 4) is 5.75 Å². The van der Waals surface area contributed by atoms with Crippen molar-refractivity contribution in [2.45, 2.75) is 32.6 Å². The molecule has 0 radical (unpaired) electrons. The number of carbonyl (C=O) groups excluding carboxylic acids is 1. The summed E-state index contributed by atoms with van der Waals surface area (Å²) in [5.74, 6) is 0.666. The molecule has 2 rings (SSSR count). The van der Waals surface area contributed by atoms with Crippen molar-refractivity contribution < 1.29 is 9.53 Å². The number of nitrogens with zero attached hydrogens (tertiary/aromatic N) is 2. The number of amides is 1. The Balaban J connectivity index is 0.00000288. The second-order valence-electron chi connectivity index (χ2n) is 6.15. The highest BCUT2D eigenvalue weighted by atomic mass is 35.5. The van der Waals surface area contributed by atoms with Crippen LogP contribution in [0.1, 0.15) is 43.0 Å². The van der Waals surface area contributed by atoms with Crippen LogP contribution in [-0.2, 0) is 0 Å². The number of ether oxygens (including phenoxy) is 1. The lowest BCUT2D eigenvalue weighted by molar-refractivity contribution is 0.0659. The summed E-state index contributed by atoms with van der Waals surface area (Å²) in [5, 5.41) is 0.570. The second-order valence-corrected chi connectivity index (χ2v) is 6.58. The van der Waals surface area contributed by atoms with Crippen molar-refractivity contribution in [1.82, 2.24) is 9.80 Å². The highest BCUT2D eigenvalue weighted by Gasteiger charge is 2.23. The number of benzene rings is 1. The van der Waals surface area contributed by atoms with E-state index in [9.17, 15) is 4.79 Å². The van der Waals surface area contributed by atoms with Crippen molar-refractivity contribution >= 4 is 29.9 Å². The molecule has 0 bridgehead atoms. The van der Waals surface area contributed by atoms with Gasteiger partial charge in [0.05, 0.1) is 12.2 Å². The zero-order valence-electron chi connectivity index (χ0n) is 14.6. The fraction of sp³-hybridized carbons (Fsp3) is 0.611. The van der Waals surface area contributed by atoms with Crippen LogP contribution in [0.4, 0.5) is 0 Å². The zero-order valence-corrected chi connectivity index (χ0v) is 16.2. The van der Waals surface area contributed by atoms with Gasteiger partial charge < -0.3 is 14.5 Å². The predicted molar refractivity (Wildman–Crippen MR) is 102 cm³/mol. The fourth-order valence-corrected chi connectivity index (χ4v) is 2.86. The third-order valence-corrected chi connectivity index (χ3v) is 4.45. The van der Waals surface area contributed by atoms with Gasteiger partial charge in [-0.15, -0.1) is 12.4 Å². The molecule has 0 saturated carbocycles. The van der Waals surface area contributed by atoms with Gasteiger partial charge in [0.15, 0.2) is 0 Å². The van der Waals surface area contributed by atoms with E-state index in [0.717, 1.165) is 39.0 Å². The quantitative estimate of drug-likeness (QED) is 0.673. The minimum atomic E-state index is 0. The number of halogens is 2. The van der Waals surface area contributed by atoms with Gasteiger partial charge in [0, 0.05) is 31.2 Å². The average molecular weight is 375 g/mol. The van der Waals surface area contributed by atoms with Crippen molar-refractivity contribution in [2.75, 3.05) is 39.8 Å². The van der Waals surface area contributed by atoms with Gasteiger partial charge in [0.1, 0.15) is 5.75 Å². The van der Waals surface area contributed by atoms with Gasteiger partial charge in [0.25, 0.3) is 5.91 Å². The van der Waals surface area contributed by atoms with E-state index in [2.05, 4.69) is 18.9 Å². The average Bonchev–Trinajstić information content (AvgIpc) is 2.56. The number of hydrogen-bond donors (Lipinski definition) is 0. The maximum absolute atomic E-state index is 12.8. The molecule has 1 aromatic carbocycles. The number of carbonyl (C=O) groups is 1. The van der Waals surface area contributed by atoms with Crippen LogP contribution in [0.3, 0.4) is 0 Å². The maximum atomic E-state index is 12.8.